The molecule has 1 fully saturated rings. The number of nitrogens with one attached hydrogen (secondary N) is 1. The van der Waals surface area contributed by atoms with E-state index in [4.69, 9.17) is 4.74 Å². The van der Waals surface area contributed by atoms with Gasteiger partial charge in [0.15, 0.2) is 0 Å². The largest absolute Gasteiger partial charge is 0.481 e. The first-order valence-corrected chi connectivity index (χ1v) is 11.3. The molecule has 0 saturated carbocycles. The van der Waals surface area contributed by atoms with E-state index in [-0.39, 0.29) is 37.9 Å². The number of carbonyl (C=O) groups excluding carboxylic acids is 2. The fourth-order valence-electron chi connectivity index (χ4n) is 4.82. The number of hydrogen-bond donors (Lipinski definition) is 2. The van der Waals surface area contributed by atoms with E-state index in [1.54, 1.807) is 18.7 Å². The number of carboxylic acid groups (broad SMARTS) is 1. The molecule has 2 aliphatic rings. The highest BCUT2D eigenvalue weighted by Gasteiger charge is 2.50. The van der Waals surface area contributed by atoms with Gasteiger partial charge in [0.2, 0.25) is 5.91 Å². The molecule has 174 valence electrons. The maximum absolute atomic E-state index is 12.6. The summed E-state index contributed by atoms with van der Waals surface area (Å²) in [6.45, 7) is 5.95. The molecule has 7 heteroatoms. The van der Waals surface area contributed by atoms with Crippen molar-refractivity contribution in [2.75, 3.05) is 19.7 Å². The van der Waals surface area contributed by atoms with Crippen LogP contribution in [0.25, 0.3) is 11.1 Å². The number of hydrogen-bond acceptors (Lipinski definition) is 4. The number of aliphatic carboxylic acids is 1. The predicted molar refractivity (Wildman–Crippen MR) is 124 cm³/mol. The lowest BCUT2D eigenvalue weighted by Gasteiger charge is -2.47. The zero-order chi connectivity index (χ0) is 23.8. The van der Waals surface area contributed by atoms with E-state index in [9.17, 15) is 19.5 Å². The Kier molecular flexibility index (Phi) is 5.91. The maximum atomic E-state index is 12.6. The number of alkyl carbamates (subject to hydrolysis) is 1. The first-order chi connectivity index (χ1) is 15.7. The molecule has 1 saturated heterocycles. The van der Waals surface area contributed by atoms with E-state index >= 15 is 0 Å². The Labute approximate surface area is 193 Å². The minimum absolute atomic E-state index is 0.0350. The Morgan fingerprint density at radius 3 is 2.12 bits per heavy atom. The topological polar surface area (TPSA) is 95.9 Å². The third-order valence-corrected chi connectivity index (χ3v) is 6.85. The molecule has 2 aromatic carbocycles. The fourth-order valence-corrected chi connectivity index (χ4v) is 4.82. The van der Waals surface area contributed by atoms with Gasteiger partial charge in [0.25, 0.3) is 0 Å². The van der Waals surface area contributed by atoms with Gasteiger partial charge in [-0.1, -0.05) is 55.5 Å². The van der Waals surface area contributed by atoms with E-state index in [0.29, 0.717) is 6.42 Å². The summed E-state index contributed by atoms with van der Waals surface area (Å²) in [5.74, 6) is -1.08. The Hall–Kier alpha value is -3.35. The quantitative estimate of drug-likeness (QED) is 0.664. The number of amides is 2. The molecule has 0 atom stereocenters. The smallest absolute Gasteiger partial charge is 0.407 e. The Morgan fingerprint density at radius 1 is 1.06 bits per heavy atom. The van der Waals surface area contributed by atoms with Crippen LogP contribution in [-0.4, -0.2) is 53.2 Å². The highest BCUT2D eigenvalue weighted by Crippen LogP contribution is 2.44. The molecule has 2 amide bonds. The van der Waals surface area contributed by atoms with Crippen molar-refractivity contribution in [2.24, 2.45) is 5.41 Å². The highest BCUT2D eigenvalue weighted by molar-refractivity contribution is 5.84. The highest BCUT2D eigenvalue weighted by atomic mass is 16.5. The normalized spacial score (nSPS) is 16.4. The average Bonchev–Trinajstić information content (AvgIpc) is 3.05. The summed E-state index contributed by atoms with van der Waals surface area (Å²) >= 11 is 0. The lowest BCUT2D eigenvalue weighted by Crippen LogP contribution is -2.63. The molecule has 1 heterocycles. The number of benzene rings is 2. The molecule has 0 spiro atoms. The molecule has 7 nitrogen and oxygen atoms in total. The van der Waals surface area contributed by atoms with E-state index in [1.165, 1.54) is 0 Å². The van der Waals surface area contributed by atoms with Gasteiger partial charge in [-0.25, -0.2) is 4.79 Å². The SMILES string of the molecule is CCC1(C(=O)O)CN(C(=O)CC(C)(C)NC(=O)OCC2c3ccccc3-c3ccccc32)C1. The second-order valence-corrected chi connectivity index (χ2v) is 9.70. The van der Waals surface area contributed by atoms with Crippen molar-refractivity contribution >= 4 is 18.0 Å². The standard InChI is InChI=1S/C26H30N2O5/c1-4-26(23(30)31)15-28(16-26)22(29)13-25(2,3)27-24(32)33-14-21-19-11-7-5-9-17(19)18-10-6-8-12-20(18)21/h5-12,21H,4,13-16H2,1-3H3,(H,27,32)(H,30,31). The molecule has 4 rings (SSSR count). The number of likely N-dealkylation sites (tertiary alicyclic amines) is 1. The molecular weight excluding hydrogens is 420 g/mol. The summed E-state index contributed by atoms with van der Waals surface area (Å²) in [5.41, 5.74) is 2.92. The Balaban J connectivity index is 1.33. The van der Waals surface area contributed by atoms with Gasteiger partial charge in [0.1, 0.15) is 12.0 Å². The van der Waals surface area contributed by atoms with Crippen LogP contribution in [0, 0.1) is 5.41 Å². The zero-order valence-corrected chi connectivity index (χ0v) is 19.3. The van der Waals surface area contributed by atoms with Crippen molar-refractivity contribution in [1.82, 2.24) is 10.2 Å². The molecular formula is C26H30N2O5. The van der Waals surface area contributed by atoms with Crippen LogP contribution in [0.2, 0.25) is 0 Å². The second kappa shape index (κ2) is 8.54. The van der Waals surface area contributed by atoms with Crippen molar-refractivity contribution < 1.29 is 24.2 Å². The van der Waals surface area contributed by atoms with Gasteiger partial charge in [0, 0.05) is 31.0 Å². The molecule has 1 aliphatic heterocycles. The summed E-state index contributed by atoms with van der Waals surface area (Å²) in [6.07, 6.45) is -0.0314. The molecule has 1 aliphatic carbocycles. The summed E-state index contributed by atoms with van der Waals surface area (Å²) in [4.78, 5) is 38.2. The van der Waals surface area contributed by atoms with Crippen LogP contribution in [0.15, 0.2) is 48.5 Å². The van der Waals surface area contributed by atoms with Crippen molar-refractivity contribution in [3.63, 3.8) is 0 Å². The van der Waals surface area contributed by atoms with E-state index in [1.807, 2.05) is 31.2 Å². The number of carboxylic acids is 1. The average molecular weight is 451 g/mol. The van der Waals surface area contributed by atoms with Gasteiger partial charge in [-0.2, -0.15) is 0 Å². The molecule has 33 heavy (non-hydrogen) atoms. The van der Waals surface area contributed by atoms with Crippen molar-refractivity contribution in [3.8, 4) is 11.1 Å². The molecule has 2 N–H and O–H groups in total. The van der Waals surface area contributed by atoms with Crippen LogP contribution >= 0.6 is 0 Å². The second-order valence-electron chi connectivity index (χ2n) is 9.70. The van der Waals surface area contributed by atoms with Crippen LogP contribution in [0.3, 0.4) is 0 Å². The van der Waals surface area contributed by atoms with Crippen molar-refractivity contribution in [2.45, 2.75) is 45.1 Å². The first kappa shape index (κ1) is 22.8. The lowest BCUT2D eigenvalue weighted by molar-refractivity contribution is -0.166. The molecule has 0 radical (unpaired) electrons. The van der Waals surface area contributed by atoms with Gasteiger partial charge >= 0.3 is 12.1 Å². The molecule has 0 unspecified atom stereocenters. The summed E-state index contributed by atoms with van der Waals surface area (Å²) in [6, 6.07) is 16.3. The van der Waals surface area contributed by atoms with Gasteiger partial charge in [-0.15, -0.1) is 0 Å². The van der Waals surface area contributed by atoms with Crippen molar-refractivity contribution in [1.29, 1.82) is 0 Å². The summed E-state index contributed by atoms with van der Waals surface area (Å²) in [7, 11) is 0. The van der Waals surface area contributed by atoms with Gasteiger partial charge in [-0.05, 0) is 42.5 Å². The van der Waals surface area contributed by atoms with Crippen LogP contribution < -0.4 is 5.32 Å². The third-order valence-electron chi connectivity index (χ3n) is 6.85. The van der Waals surface area contributed by atoms with E-state index in [2.05, 4.69) is 29.6 Å². The number of fused-ring (bicyclic) bond motifs is 3. The Morgan fingerprint density at radius 2 is 1.61 bits per heavy atom. The monoisotopic (exact) mass is 450 g/mol. The fraction of sp³-hybridized carbons (Fsp3) is 0.423. The predicted octanol–water partition coefficient (Wildman–Crippen LogP) is 4.02. The number of carbonyl (C=O) groups is 3. The maximum Gasteiger partial charge on any atom is 0.407 e. The Bertz CT molecular complexity index is 1040. The van der Waals surface area contributed by atoms with E-state index in [0.717, 1.165) is 22.3 Å². The summed E-state index contributed by atoms with van der Waals surface area (Å²) < 4.78 is 5.59. The van der Waals surface area contributed by atoms with Gasteiger partial charge in [0.05, 0.1) is 0 Å². The van der Waals surface area contributed by atoms with Gasteiger partial charge in [-0.3, -0.25) is 9.59 Å². The van der Waals surface area contributed by atoms with Crippen LogP contribution in [0.1, 0.15) is 50.7 Å². The van der Waals surface area contributed by atoms with Crippen LogP contribution in [-0.2, 0) is 14.3 Å². The van der Waals surface area contributed by atoms with E-state index < -0.39 is 23.0 Å². The lowest BCUT2D eigenvalue weighted by atomic mass is 9.77. The van der Waals surface area contributed by atoms with Crippen LogP contribution in [0.4, 0.5) is 4.79 Å². The minimum Gasteiger partial charge on any atom is -0.481 e. The zero-order valence-electron chi connectivity index (χ0n) is 19.3. The van der Waals surface area contributed by atoms with Gasteiger partial charge < -0.3 is 20.1 Å². The first-order valence-electron chi connectivity index (χ1n) is 11.3. The molecule has 0 aromatic heterocycles. The van der Waals surface area contributed by atoms with Crippen LogP contribution in [0.5, 0.6) is 0 Å². The number of rotatable bonds is 7. The number of ether oxygens (including phenoxy) is 1. The molecule has 0 bridgehead atoms. The van der Waals surface area contributed by atoms with Crippen molar-refractivity contribution in [3.05, 3.63) is 59.7 Å². The third kappa shape index (κ3) is 4.32. The summed E-state index contributed by atoms with van der Waals surface area (Å²) in [5, 5.41) is 12.2. The number of nitrogens with zero attached hydrogens (tertiary/aromatic N) is 1. The molecule has 2 aromatic rings. The minimum atomic E-state index is -0.870.